The number of fused-ring (bicyclic) bond motifs is 19. The average molecular weight is 1630 g/mol. The molecule has 0 atom stereocenters. The molecule has 2 aliphatic rings. The minimum Gasteiger partial charge on any atom is -0.310 e. The standard InChI is InChI=1S/C122H86BN5/c1-121(2,3)87-56-50-75(51-57-87)83-65-97(77-30-11-7-12-31-77)118(98(66-83)78-32-13-8-14-33-78)127-112-71-82(85-69-102-93-41-22-27-48-109(93)125-110-49-28-23-42-94(110)103(70-85)120(102)125)54-61-104(112)123-105-62-60-89(124-106-45-24-19-38-90(106)91-39-20-25-46-107(91)124)74-113(105)128(119-99(79-34-15-9-16-35-79)67-84(68-100(119)80-36-17-10-18-37-80)76-52-58-88(59-53-76)122(4,5)6)115-73-86(72-114(127)116(115)123)81-55-63-111-101(64-81)96-44-29-43-95-92-40-21-26-47-108(92)126(111)117(95)96/h7-74H,1-6H3. The zero-order valence-electron chi connectivity index (χ0n) is 72.1. The Morgan fingerprint density at radius 3 is 0.945 bits per heavy atom. The van der Waals surface area contributed by atoms with Gasteiger partial charge in [-0.2, -0.15) is 0 Å². The lowest BCUT2D eigenvalue weighted by molar-refractivity contribution is 0.590. The average Bonchev–Trinajstić information content (AvgIpc) is 0.853. The molecule has 7 heterocycles. The molecule has 0 N–H and O–H groups in total. The fourth-order valence-electron chi connectivity index (χ4n) is 22.1. The van der Waals surface area contributed by atoms with Crippen molar-refractivity contribution in [3.8, 4) is 94.7 Å². The molecule has 0 saturated carbocycles. The van der Waals surface area contributed by atoms with E-state index in [1.165, 1.54) is 114 Å². The first-order chi connectivity index (χ1) is 62.8. The Hall–Kier alpha value is -15.8. The molecule has 602 valence electrons. The summed E-state index contributed by atoms with van der Waals surface area (Å²) < 4.78 is 7.54. The molecule has 0 bridgehead atoms. The lowest BCUT2D eigenvalue weighted by Crippen LogP contribution is -2.61. The maximum atomic E-state index is 2.76. The Morgan fingerprint density at radius 1 is 0.203 bits per heavy atom. The molecule has 0 aliphatic carbocycles. The fraction of sp³-hybridized carbons (Fsp3) is 0.0656. The molecule has 0 fully saturated rings. The van der Waals surface area contributed by atoms with Crippen LogP contribution in [0.4, 0.5) is 34.1 Å². The predicted molar refractivity (Wildman–Crippen MR) is 545 cm³/mol. The van der Waals surface area contributed by atoms with Crippen LogP contribution in [0.15, 0.2) is 413 Å². The summed E-state index contributed by atoms with van der Waals surface area (Å²) in [4.78, 5) is 5.51. The van der Waals surface area contributed by atoms with Gasteiger partial charge in [0.25, 0.3) is 6.71 Å². The van der Waals surface area contributed by atoms with Crippen LogP contribution in [0.1, 0.15) is 52.7 Å². The zero-order valence-corrected chi connectivity index (χ0v) is 72.1. The van der Waals surface area contributed by atoms with Gasteiger partial charge in [0.05, 0.1) is 55.5 Å². The van der Waals surface area contributed by atoms with E-state index in [1.807, 2.05) is 0 Å². The topological polar surface area (TPSA) is 20.2 Å². The van der Waals surface area contributed by atoms with Crippen LogP contribution in [0.25, 0.3) is 193 Å². The molecule has 0 spiro atoms. The Labute approximate surface area is 743 Å². The quantitative estimate of drug-likeness (QED) is 0.120. The van der Waals surface area contributed by atoms with Gasteiger partial charge < -0.3 is 23.2 Å². The molecular formula is C122H86BN5. The molecule has 0 radical (unpaired) electrons. The normalized spacial score (nSPS) is 12.9. The van der Waals surface area contributed by atoms with Crippen LogP contribution in [0.5, 0.6) is 0 Å². The molecule has 26 rings (SSSR count). The number of anilines is 6. The lowest BCUT2D eigenvalue weighted by atomic mass is 9.33. The van der Waals surface area contributed by atoms with Crippen molar-refractivity contribution in [2.45, 2.75) is 52.4 Å². The largest absolute Gasteiger partial charge is 0.310 e. The van der Waals surface area contributed by atoms with Crippen LogP contribution in [0.2, 0.25) is 0 Å². The maximum absolute atomic E-state index is 2.76. The van der Waals surface area contributed by atoms with Crippen molar-refractivity contribution in [1.82, 2.24) is 13.4 Å². The van der Waals surface area contributed by atoms with Gasteiger partial charge in [-0.05, 0) is 214 Å². The number of rotatable bonds is 11. The summed E-state index contributed by atoms with van der Waals surface area (Å²) in [6, 6.07) is 158. The van der Waals surface area contributed by atoms with Crippen LogP contribution in [0.3, 0.4) is 0 Å². The summed E-state index contributed by atoms with van der Waals surface area (Å²) in [5, 5.41) is 12.4. The van der Waals surface area contributed by atoms with Crippen LogP contribution in [0, 0.1) is 0 Å². The number of hydrogen-bond acceptors (Lipinski definition) is 2. The monoisotopic (exact) mass is 1630 g/mol. The summed E-state index contributed by atoms with van der Waals surface area (Å²) >= 11 is 0. The summed E-state index contributed by atoms with van der Waals surface area (Å²) in [7, 11) is 0. The van der Waals surface area contributed by atoms with Crippen LogP contribution >= 0.6 is 0 Å². The van der Waals surface area contributed by atoms with E-state index in [0.29, 0.717) is 0 Å². The molecule has 24 aromatic rings. The van der Waals surface area contributed by atoms with E-state index < -0.39 is 0 Å². The first-order valence-corrected chi connectivity index (χ1v) is 45.0. The number of benzene rings is 19. The molecule has 0 amide bonds. The molecule has 0 saturated heterocycles. The van der Waals surface area contributed by atoms with Gasteiger partial charge in [-0.15, -0.1) is 0 Å². The molecule has 128 heavy (non-hydrogen) atoms. The highest BCUT2D eigenvalue weighted by Crippen LogP contribution is 2.57. The van der Waals surface area contributed by atoms with E-state index in [4.69, 9.17) is 0 Å². The van der Waals surface area contributed by atoms with Gasteiger partial charge in [0, 0.05) is 105 Å². The van der Waals surface area contributed by atoms with Gasteiger partial charge in [-0.3, -0.25) is 0 Å². The van der Waals surface area contributed by atoms with E-state index in [2.05, 4.69) is 477 Å². The summed E-state index contributed by atoms with van der Waals surface area (Å²) in [6.45, 7) is 13.5. The predicted octanol–water partition coefficient (Wildman–Crippen LogP) is 31.1. The van der Waals surface area contributed by atoms with Gasteiger partial charge in [-0.25, -0.2) is 0 Å². The van der Waals surface area contributed by atoms with Crippen molar-refractivity contribution >= 4 is 155 Å². The highest BCUT2D eigenvalue weighted by molar-refractivity contribution is 7.00. The molecular weight excluding hydrogens is 1550 g/mol. The first kappa shape index (κ1) is 73.7. The Morgan fingerprint density at radius 2 is 0.508 bits per heavy atom. The third-order valence-corrected chi connectivity index (χ3v) is 28.2. The highest BCUT2D eigenvalue weighted by Gasteiger charge is 2.46. The van der Waals surface area contributed by atoms with Gasteiger partial charge >= 0.3 is 0 Å². The van der Waals surface area contributed by atoms with Crippen LogP contribution in [-0.4, -0.2) is 20.1 Å². The molecule has 0 unspecified atom stereocenters. The second kappa shape index (κ2) is 27.9. The minimum absolute atomic E-state index is 0.0404. The van der Waals surface area contributed by atoms with Crippen molar-refractivity contribution < 1.29 is 0 Å². The third-order valence-electron chi connectivity index (χ3n) is 28.2. The van der Waals surface area contributed by atoms with E-state index in [9.17, 15) is 0 Å². The summed E-state index contributed by atoms with van der Waals surface area (Å²) in [5.74, 6) is 0. The number of nitrogens with zero attached hydrogens (tertiary/aromatic N) is 5. The minimum atomic E-state index is -0.337. The maximum Gasteiger partial charge on any atom is 0.252 e. The Bertz CT molecular complexity index is 8420. The van der Waals surface area contributed by atoms with Crippen LogP contribution in [-0.2, 0) is 10.8 Å². The lowest BCUT2D eigenvalue weighted by Gasteiger charge is -2.46. The van der Waals surface area contributed by atoms with E-state index in [1.54, 1.807) is 0 Å². The van der Waals surface area contributed by atoms with Crippen LogP contribution < -0.4 is 26.2 Å². The van der Waals surface area contributed by atoms with Gasteiger partial charge in [-0.1, -0.05) is 345 Å². The summed E-state index contributed by atoms with van der Waals surface area (Å²) in [5.41, 5.74) is 41.3. The Kier molecular flexibility index (Phi) is 16.1. The summed E-state index contributed by atoms with van der Waals surface area (Å²) in [6.07, 6.45) is 0. The first-order valence-electron chi connectivity index (χ1n) is 45.0. The molecule has 2 aliphatic heterocycles. The van der Waals surface area contributed by atoms with Crippen molar-refractivity contribution in [2.75, 3.05) is 9.80 Å². The van der Waals surface area contributed by atoms with Crippen molar-refractivity contribution in [1.29, 1.82) is 0 Å². The molecule has 5 nitrogen and oxygen atoms in total. The zero-order chi connectivity index (χ0) is 85.1. The van der Waals surface area contributed by atoms with E-state index in [-0.39, 0.29) is 17.5 Å². The van der Waals surface area contributed by atoms with Crippen molar-refractivity contribution in [3.05, 3.63) is 424 Å². The molecule has 6 heteroatoms. The van der Waals surface area contributed by atoms with Crippen molar-refractivity contribution in [2.24, 2.45) is 0 Å². The molecule has 19 aromatic carbocycles. The highest BCUT2D eigenvalue weighted by atomic mass is 15.2. The SMILES string of the molecule is CC(C)(C)c1ccc(-c2cc(-c3ccccc3)c(N3c4cc(-c5cc6c7ccccc7n7c8ccccc8c(c5)c67)ccc4B4c5ccc(-n6c7ccccc7c7ccccc76)cc5N(c5c(-c6ccccc6)cc(-c6ccc(C(C)(C)C)cc6)cc5-c5ccccc5)c5cc(-c6ccc7c(c6)c6cccc8c9ccccc9n7c86)cc3c54)c(-c3ccccc3)c2)cc1. The third kappa shape index (κ3) is 11.1. The number of aromatic nitrogens is 3. The Balaban J connectivity index is 0.842. The second-order valence-corrected chi connectivity index (χ2v) is 37.5. The van der Waals surface area contributed by atoms with E-state index >= 15 is 0 Å². The van der Waals surface area contributed by atoms with E-state index in [0.717, 1.165) is 140 Å². The van der Waals surface area contributed by atoms with Crippen molar-refractivity contribution in [3.63, 3.8) is 0 Å². The smallest absolute Gasteiger partial charge is 0.252 e. The van der Waals surface area contributed by atoms with Gasteiger partial charge in [0.1, 0.15) is 0 Å². The van der Waals surface area contributed by atoms with Gasteiger partial charge in [0.2, 0.25) is 0 Å². The fourth-order valence-corrected chi connectivity index (χ4v) is 22.1. The number of hydrogen-bond donors (Lipinski definition) is 0. The number of para-hydroxylation sites is 6. The molecule has 5 aromatic heterocycles. The second-order valence-electron chi connectivity index (χ2n) is 37.5. The van der Waals surface area contributed by atoms with Gasteiger partial charge in [0.15, 0.2) is 0 Å².